The van der Waals surface area contributed by atoms with Gasteiger partial charge in [-0.25, -0.2) is 0 Å². The molecule has 6 heteroatoms. The Morgan fingerprint density at radius 3 is 2.59 bits per heavy atom. The fourth-order valence-corrected chi connectivity index (χ4v) is 3.04. The molecule has 1 aliphatic heterocycles. The molecule has 0 atom stereocenters. The maximum Gasteiger partial charge on any atom is 0.256 e. The van der Waals surface area contributed by atoms with Gasteiger partial charge in [0.1, 0.15) is 5.75 Å². The number of ether oxygens (including phenoxy) is 2. The minimum atomic E-state index is -0.172. The number of carbonyl (C=O) groups is 1. The maximum absolute atomic E-state index is 12.6. The summed E-state index contributed by atoms with van der Waals surface area (Å²) in [6.07, 6.45) is 2.06. The lowest BCUT2D eigenvalue weighted by Crippen LogP contribution is -2.21. The molecule has 0 bridgehead atoms. The van der Waals surface area contributed by atoms with Crippen molar-refractivity contribution < 1.29 is 14.3 Å². The molecular formula is C21H27ClN2O3. The van der Waals surface area contributed by atoms with Crippen LogP contribution in [0.5, 0.6) is 5.75 Å². The summed E-state index contributed by atoms with van der Waals surface area (Å²) in [5.74, 6) is 1.16. The van der Waals surface area contributed by atoms with Gasteiger partial charge in [0.25, 0.3) is 5.91 Å². The number of nitrogens with two attached hydrogens (primary N) is 1. The van der Waals surface area contributed by atoms with Gasteiger partial charge in [-0.05, 0) is 61.9 Å². The fourth-order valence-electron chi connectivity index (χ4n) is 3.04. The van der Waals surface area contributed by atoms with E-state index >= 15 is 0 Å². The van der Waals surface area contributed by atoms with Gasteiger partial charge < -0.3 is 20.5 Å². The third kappa shape index (κ3) is 5.62. The van der Waals surface area contributed by atoms with Crippen LogP contribution in [0, 0.1) is 19.8 Å². The first-order valence-corrected chi connectivity index (χ1v) is 9.01. The van der Waals surface area contributed by atoms with Gasteiger partial charge in [-0.2, -0.15) is 0 Å². The van der Waals surface area contributed by atoms with Gasteiger partial charge in [0.15, 0.2) is 0 Å². The highest BCUT2D eigenvalue weighted by Crippen LogP contribution is 2.25. The maximum atomic E-state index is 12.6. The smallest absolute Gasteiger partial charge is 0.256 e. The monoisotopic (exact) mass is 390 g/mol. The molecule has 1 saturated heterocycles. The van der Waals surface area contributed by atoms with Crippen LogP contribution >= 0.6 is 12.4 Å². The van der Waals surface area contributed by atoms with E-state index in [1.165, 1.54) is 0 Å². The first-order valence-electron chi connectivity index (χ1n) is 9.01. The number of halogens is 1. The van der Waals surface area contributed by atoms with Crippen molar-refractivity contribution in [2.75, 3.05) is 30.9 Å². The standard InChI is InChI=1S/C21H26N2O3.ClH/c1-14-3-5-17(22)11-19(14)21(24)23-18-6-4-15(2)20(12-18)26-13-16-7-9-25-10-8-16;/h3-6,11-12,16H,7-10,13,22H2,1-2H3,(H,23,24);1H. The van der Waals surface area contributed by atoms with Crippen LogP contribution in [0.3, 0.4) is 0 Å². The van der Waals surface area contributed by atoms with Crippen LogP contribution in [0.2, 0.25) is 0 Å². The molecule has 3 N–H and O–H groups in total. The molecule has 0 saturated carbocycles. The van der Waals surface area contributed by atoms with E-state index in [1.807, 2.05) is 38.1 Å². The summed E-state index contributed by atoms with van der Waals surface area (Å²) in [6.45, 7) is 6.19. The summed E-state index contributed by atoms with van der Waals surface area (Å²) in [6, 6.07) is 11.1. The van der Waals surface area contributed by atoms with E-state index in [4.69, 9.17) is 15.2 Å². The Balaban J connectivity index is 0.00000261. The van der Waals surface area contributed by atoms with E-state index in [9.17, 15) is 4.79 Å². The van der Waals surface area contributed by atoms with Gasteiger partial charge in [0, 0.05) is 36.2 Å². The molecule has 0 spiro atoms. The Bertz CT molecular complexity index is 789. The van der Waals surface area contributed by atoms with E-state index in [0.29, 0.717) is 29.5 Å². The quantitative estimate of drug-likeness (QED) is 0.743. The van der Waals surface area contributed by atoms with Crippen molar-refractivity contribution in [3.63, 3.8) is 0 Å². The van der Waals surface area contributed by atoms with E-state index in [-0.39, 0.29) is 18.3 Å². The lowest BCUT2D eigenvalue weighted by Gasteiger charge is -2.22. The molecule has 1 aliphatic rings. The zero-order chi connectivity index (χ0) is 18.5. The van der Waals surface area contributed by atoms with Gasteiger partial charge >= 0.3 is 0 Å². The van der Waals surface area contributed by atoms with E-state index in [0.717, 1.165) is 42.9 Å². The largest absolute Gasteiger partial charge is 0.493 e. The summed E-state index contributed by atoms with van der Waals surface area (Å²) >= 11 is 0. The molecule has 146 valence electrons. The average molecular weight is 391 g/mol. The predicted octanol–water partition coefficient (Wildman–Crippen LogP) is 4.37. The number of hydrogen-bond donors (Lipinski definition) is 2. The predicted molar refractivity (Wildman–Crippen MR) is 111 cm³/mol. The number of benzene rings is 2. The molecule has 0 unspecified atom stereocenters. The molecule has 5 nitrogen and oxygen atoms in total. The highest BCUT2D eigenvalue weighted by Gasteiger charge is 2.15. The molecule has 0 aromatic heterocycles. The van der Waals surface area contributed by atoms with E-state index < -0.39 is 0 Å². The fraction of sp³-hybridized carbons (Fsp3) is 0.381. The normalized spacial score (nSPS) is 14.3. The number of carbonyl (C=O) groups excluding carboxylic acids is 1. The second-order valence-corrected chi connectivity index (χ2v) is 6.88. The van der Waals surface area contributed by atoms with Gasteiger partial charge in [-0.15, -0.1) is 12.4 Å². The van der Waals surface area contributed by atoms with Crippen molar-refractivity contribution in [1.29, 1.82) is 0 Å². The van der Waals surface area contributed by atoms with Crippen LogP contribution in [0.25, 0.3) is 0 Å². The summed E-state index contributed by atoms with van der Waals surface area (Å²) in [5, 5.41) is 2.94. The van der Waals surface area contributed by atoms with Crippen molar-refractivity contribution in [1.82, 2.24) is 0 Å². The van der Waals surface area contributed by atoms with Gasteiger partial charge in [0.05, 0.1) is 6.61 Å². The van der Waals surface area contributed by atoms with Crippen molar-refractivity contribution in [3.05, 3.63) is 53.1 Å². The van der Waals surface area contributed by atoms with Crippen LogP contribution in [0.1, 0.15) is 34.3 Å². The number of nitrogen functional groups attached to an aromatic ring is 1. The second-order valence-electron chi connectivity index (χ2n) is 6.88. The van der Waals surface area contributed by atoms with Crippen molar-refractivity contribution in [2.45, 2.75) is 26.7 Å². The Labute approximate surface area is 166 Å². The molecule has 2 aromatic rings. The molecule has 1 fully saturated rings. The number of aryl methyl sites for hydroxylation is 2. The third-order valence-corrected chi connectivity index (χ3v) is 4.77. The number of anilines is 2. The summed E-state index contributed by atoms with van der Waals surface area (Å²) in [4.78, 5) is 12.6. The highest BCUT2D eigenvalue weighted by molar-refractivity contribution is 6.05. The SMILES string of the molecule is Cc1ccc(NC(=O)c2cc(N)ccc2C)cc1OCC1CCOCC1.Cl. The second kappa shape index (κ2) is 9.62. The van der Waals surface area contributed by atoms with Crippen LogP contribution in [-0.2, 0) is 4.74 Å². The summed E-state index contributed by atoms with van der Waals surface area (Å²) < 4.78 is 11.4. The van der Waals surface area contributed by atoms with Crippen LogP contribution < -0.4 is 15.8 Å². The Hall–Kier alpha value is -2.24. The van der Waals surface area contributed by atoms with Gasteiger partial charge in [0.2, 0.25) is 0 Å². The Morgan fingerprint density at radius 1 is 1.15 bits per heavy atom. The number of rotatable bonds is 5. The van der Waals surface area contributed by atoms with Gasteiger partial charge in [-0.1, -0.05) is 12.1 Å². The van der Waals surface area contributed by atoms with Crippen molar-refractivity contribution >= 4 is 29.7 Å². The lowest BCUT2D eigenvalue weighted by atomic mass is 10.0. The zero-order valence-corrected chi connectivity index (χ0v) is 16.6. The first-order chi connectivity index (χ1) is 12.5. The molecule has 27 heavy (non-hydrogen) atoms. The third-order valence-electron chi connectivity index (χ3n) is 4.77. The first kappa shape index (κ1) is 21.1. The Kier molecular flexibility index (Phi) is 7.51. The van der Waals surface area contributed by atoms with E-state index in [1.54, 1.807) is 12.1 Å². The molecule has 3 rings (SSSR count). The number of hydrogen-bond acceptors (Lipinski definition) is 4. The minimum absolute atomic E-state index is 0. The van der Waals surface area contributed by atoms with Crippen LogP contribution in [-0.4, -0.2) is 25.7 Å². The van der Waals surface area contributed by atoms with Crippen molar-refractivity contribution in [3.8, 4) is 5.75 Å². The van der Waals surface area contributed by atoms with Gasteiger partial charge in [-0.3, -0.25) is 4.79 Å². The molecule has 1 heterocycles. The van der Waals surface area contributed by atoms with Crippen molar-refractivity contribution in [2.24, 2.45) is 5.92 Å². The van der Waals surface area contributed by atoms with Crippen LogP contribution in [0.15, 0.2) is 36.4 Å². The topological polar surface area (TPSA) is 73.6 Å². The summed E-state index contributed by atoms with van der Waals surface area (Å²) in [7, 11) is 0. The average Bonchev–Trinajstić information content (AvgIpc) is 2.65. The molecule has 2 aromatic carbocycles. The minimum Gasteiger partial charge on any atom is -0.493 e. The zero-order valence-electron chi connectivity index (χ0n) is 15.8. The molecule has 1 amide bonds. The number of nitrogens with one attached hydrogen (secondary N) is 1. The Morgan fingerprint density at radius 2 is 1.85 bits per heavy atom. The molecule has 0 radical (unpaired) electrons. The van der Waals surface area contributed by atoms with E-state index in [2.05, 4.69) is 5.32 Å². The summed E-state index contributed by atoms with van der Waals surface area (Å²) in [5.41, 5.74) is 9.61. The van der Waals surface area contributed by atoms with Crippen LogP contribution in [0.4, 0.5) is 11.4 Å². The molecule has 0 aliphatic carbocycles. The lowest BCUT2D eigenvalue weighted by molar-refractivity contribution is 0.0496. The molecular weight excluding hydrogens is 364 g/mol. The number of amides is 1. The highest BCUT2D eigenvalue weighted by atomic mass is 35.5.